The lowest BCUT2D eigenvalue weighted by Gasteiger charge is -2.16. The molecule has 2 heterocycles. The van der Waals surface area contributed by atoms with Crippen molar-refractivity contribution >= 4 is 27.0 Å². The molecule has 2 saturated carbocycles. The number of benzene rings is 1. The zero-order chi connectivity index (χ0) is 22.3. The number of hydrogen-bond donors (Lipinski definition) is 2. The number of primary sulfonamides is 1. The molecule has 8 nitrogen and oxygen atoms in total. The summed E-state index contributed by atoms with van der Waals surface area (Å²) in [6, 6.07) is 9.98. The van der Waals surface area contributed by atoms with Crippen LogP contribution in [0.1, 0.15) is 49.9 Å². The number of fused-ring (bicyclic) bond motifs is 1. The molecule has 0 aliphatic heterocycles. The van der Waals surface area contributed by atoms with Crippen molar-refractivity contribution in [3.8, 4) is 17.7 Å². The van der Waals surface area contributed by atoms with Gasteiger partial charge in [0.15, 0.2) is 5.52 Å². The monoisotopic (exact) mass is 449 g/mol. The molecule has 0 amide bonds. The Morgan fingerprint density at radius 2 is 1.81 bits per heavy atom. The molecule has 2 aliphatic rings. The Labute approximate surface area is 186 Å². The zero-order valence-electron chi connectivity index (χ0n) is 17.6. The molecular formula is C23H23N5O3S. The van der Waals surface area contributed by atoms with Crippen LogP contribution in [0.4, 0.5) is 5.95 Å². The molecule has 32 heavy (non-hydrogen) atoms. The average Bonchev–Trinajstić information content (AvgIpc) is 3.68. The van der Waals surface area contributed by atoms with E-state index in [0.717, 1.165) is 31.2 Å². The van der Waals surface area contributed by atoms with E-state index in [0.29, 0.717) is 34.5 Å². The third-order valence-electron chi connectivity index (χ3n) is 5.35. The summed E-state index contributed by atoms with van der Waals surface area (Å²) >= 11 is 0. The van der Waals surface area contributed by atoms with Crippen molar-refractivity contribution in [3.63, 3.8) is 0 Å². The number of hydrogen-bond acceptors (Lipinski definition) is 7. The van der Waals surface area contributed by atoms with Crippen LogP contribution in [0.15, 0.2) is 41.3 Å². The van der Waals surface area contributed by atoms with Gasteiger partial charge in [-0.1, -0.05) is 18.1 Å². The van der Waals surface area contributed by atoms with Crippen LogP contribution in [0.25, 0.3) is 11.0 Å². The third-order valence-corrected chi connectivity index (χ3v) is 6.28. The Morgan fingerprint density at radius 1 is 1.06 bits per heavy atom. The van der Waals surface area contributed by atoms with Crippen LogP contribution < -0.4 is 15.2 Å². The Balaban J connectivity index is 1.43. The fourth-order valence-electron chi connectivity index (χ4n) is 3.17. The number of nitrogens with zero attached hydrogens (tertiary/aromatic N) is 3. The molecule has 0 bridgehead atoms. The molecule has 9 heteroatoms. The first-order valence-electron chi connectivity index (χ1n) is 10.6. The van der Waals surface area contributed by atoms with Crippen LogP contribution in [-0.2, 0) is 10.0 Å². The first kappa shape index (κ1) is 20.7. The first-order valence-corrected chi connectivity index (χ1v) is 12.2. The topological polar surface area (TPSA) is 120 Å². The maximum absolute atomic E-state index is 11.5. The van der Waals surface area contributed by atoms with Gasteiger partial charge in [-0.2, -0.15) is 4.98 Å². The largest absolute Gasteiger partial charge is 0.473 e. The van der Waals surface area contributed by atoms with Gasteiger partial charge in [0.25, 0.3) is 0 Å². The fraction of sp³-hybridized carbons (Fsp3) is 0.348. The molecule has 0 spiro atoms. The van der Waals surface area contributed by atoms with E-state index in [9.17, 15) is 8.42 Å². The van der Waals surface area contributed by atoms with Gasteiger partial charge in [-0.3, -0.25) is 0 Å². The number of pyridine rings is 1. The second-order valence-corrected chi connectivity index (χ2v) is 9.82. The smallest absolute Gasteiger partial charge is 0.245 e. The summed E-state index contributed by atoms with van der Waals surface area (Å²) in [4.78, 5) is 13.9. The molecule has 3 N–H and O–H groups in total. The van der Waals surface area contributed by atoms with Crippen LogP contribution in [0.2, 0.25) is 0 Å². The maximum atomic E-state index is 11.5. The van der Waals surface area contributed by atoms with Crippen LogP contribution in [0, 0.1) is 17.8 Å². The molecular weight excluding hydrogens is 426 g/mol. The van der Waals surface area contributed by atoms with Gasteiger partial charge in [-0.25, -0.2) is 23.5 Å². The minimum atomic E-state index is -3.73. The van der Waals surface area contributed by atoms with Crippen LogP contribution in [-0.4, -0.2) is 29.5 Å². The lowest BCUT2D eigenvalue weighted by atomic mass is 10.1. The highest BCUT2D eigenvalue weighted by Gasteiger charge is 2.26. The highest BCUT2D eigenvalue weighted by molar-refractivity contribution is 7.89. The number of sulfonamides is 1. The lowest BCUT2D eigenvalue weighted by molar-refractivity contribution is 0.294. The number of rotatable bonds is 6. The van der Waals surface area contributed by atoms with E-state index in [1.165, 1.54) is 12.1 Å². The summed E-state index contributed by atoms with van der Waals surface area (Å²) in [6.45, 7) is 1.94. The Bertz CT molecular complexity index is 1340. The molecule has 0 radical (unpaired) electrons. The van der Waals surface area contributed by atoms with Crippen molar-refractivity contribution in [2.75, 3.05) is 5.32 Å². The third kappa shape index (κ3) is 4.82. The standard InChI is InChI=1S/C23H23N5O3S/c1-14(16-5-11-19(12-6-16)32(24,29)30)25-23-27-20-13-8-17(7-4-15-2-3-15)26-21(20)22(28-23)31-18-9-10-18/h5-6,8,11-15,18H,2-3,9-10H2,1H3,(H2,24,29,30)(H,25,27,28)/t14-/m1/s1. The van der Waals surface area contributed by atoms with E-state index in [4.69, 9.17) is 9.88 Å². The number of nitrogens with one attached hydrogen (secondary N) is 1. The highest BCUT2D eigenvalue weighted by Crippen LogP contribution is 2.31. The van der Waals surface area contributed by atoms with Gasteiger partial charge in [0.1, 0.15) is 11.8 Å². The number of aromatic nitrogens is 3. The molecule has 1 aromatic carbocycles. The van der Waals surface area contributed by atoms with Crippen molar-refractivity contribution in [2.24, 2.45) is 11.1 Å². The number of anilines is 1. The van der Waals surface area contributed by atoms with Crippen molar-refractivity contribution in [1.82, 2.24) is 15.0 Å². The van der Waals surface area contributed by atoms with Crippen LogP contribution >= 0.6 is 0 Å². The fourth-order valence-corrected chi connectivity index (χ4v) is 3.69. The summed E-state index contributed by atoms with van der Waals surface area (Å²) in [5, 5.41) is 8.44. The van der Waals surface area contributed by atoms with E-state index in [1.807, 2.05) is 19.1 Å². The van der Waals surface area contributed by atoms with Crippen LogP contribution in [0.3, 0.4) is 0 Å². The summed E-state index contributed by atoms with van der Waals surface area (Å²) in [7, 11) is -3.73. The molecule has 164 valence electrons. The summed E-state index contributed by atoms with van der Waals surface area (Å²) in [6.07, 6.45) is 4.49. The molecule has 1 atom stereocenters. The average molecular weight is 450 g/mol. The van der Waals surface area contributed by atoms with Gasteiger partial charge in [0.2, 0.25) is 21.9 Å². The minimum absolute atomic E-state index is 0.0715. The zero-order valence-corrected chi connectivity index (χ0v) is 18.4. The lowest BCUT2D eigenvalue weighted by Crippen LogP contribution is -2.13. The normalized spacial score (nSPS) is 16.8. The number of nitrogens with two attached hydrogens (primary N) is 1. The molecule has 2 fully saturated rings. The second-order valence-electron chi connectivity index (χ2n) is 8.26. The predicted molar refractivity (Wildman–Crippen MR) is 120 cm³/mol. The molecule has 3 aromatic rings. The highest BCUT2D eigenvalue weighted by atomic mass is 32.2. The van der Waals surface area contributed by atoms with E-state index in [1.54, 1.807) is 12.1 Å². The molecule has 0 saturated heterocycles. The Kier molecular flexibility index (Phi) is 5.19. The Hall–Kier alpha value is -3.22. The SMILES string of the molecule is C[C@@H](Nc1nc(OC2CC2)c2nc(C#CC3CC3)ccc2n1)c1ccc(S(N)(=O)=O)cc1. The Morgan fingerprint density at radius 3 is 2.47 bits per heavy atom. The molecule has 5 rings (SSSR count). The van der Waals surface area contributed by atoms with Gasteiger partial charge in [-0.15, -0.1) is 0 Å². The van der Waals surface area contributed by atoms with Crippen molar-refractivity contribution < 1.29 is 13.2 Å². The maximum Gasteiger partial charge on any atom is 0.245 e. The van der Waals surface area contributed by atoms with E-state index in [-0.39, 0.29) is 17.0 Å². The molecule has 0 unspecified atom stereocenters. The quantitative estimate of drug-likeness (QED) is 0.555. The van der Waals surface area contributed by atoms with Gasteiger partial charge in [0, 0.05) is 5.92 Å². The molecule has 2 aromatic heterocycles. The molecule has 2 aliphatic carbocycles. The second kappa shape index (κ2) is 8.04. The minimum Gasteiger partial charge on any atom is -0.473 e. The van der Waals surface area contributed by atoms with Gasteiger partial charge in [0.05, 0.1) is 16.5 Å². The van der Waals surface area contributed by atoms with E-state index in [2.05, 4.69) is 32.1 Å². The first-order chi connectivity index (χ1) is 15.3. The number of ether oxygens (including phenoxy) is 1. The summed E-state index contributed by atoms with van der Waals surface area (Å²) in [5.41, 5.74) is 2.84. The van der Waals surface area contributed by atoms with Crippen LogP contribution in [0.5, 0.6) is 5.88 Å². The summed E-state index contributed by atoms with van der Waals surface area (Å²) in [5.74, 6) is 7.73. The van der Waals surface area contributed by atoms with Crippen molar-refractivity contribution in [1.29, 1.82) is 0 Å². The van der Waals surface area contributed by atoms with E-state index >= 15 is 0 Å². The predicted octanol–water partition coefficient (Wildman–Crippen LogP) is 3.15. The van der Waals surface area contributed by atoms with Crippen molar-refractivity contribution in [3.05, 3.63) is 47.7 Å². The van der Waals surface area contributed by atoms with Crippen molar-refractivity contribution in [2.45, 2.75) is 49.6 Å². The van der Waals surface area contributed by atoms with Gasteiger partial charge >= 0.3 is 0 Å². The summed E-state index contributed by atoms with van der Waals surface area (Å²) < 4.78 is 29.0. The van der Waals surface area contributed by atoms with E-state index < -0.39 is 10.0 Å². The van der Waals surface area contributed by atoms with Gasteiger partial charge in [-0.05, 0) is 68.4 Å². The van der Waals surface area contributed by atoms with Gasteiger partial charge < -0.3 is 10.1 Å².